The highest BCUT2D eigenvalue weighted by molar-refractivity contribution is 8.93. The second-order valence-electron chi connectivity index (χ2n) is 7.74. The zero-order chi connectivity index (χ0) is 23.9. The molecule has 0 amide bonds. The molecule has 0 unspecified atom stereocenters. The maximum Gasteiger partial charge on any atom is 0.264 e. The van der Waals surface area contributed by atoms with Crippen molar-refractivity contribution in [3.63, 3.8) is 0 Å². The van der Waals surface area contributed by atoms with Gasteiger partial charge in [-0.2, -0.15) is 0 Å². The molecule has 2 N–H and O–H groups in total. The van der Waals surface area contributed by atoms with Crippen LogP contribution in [0.3, 0.4) is 0 Å². The topological polar surface area (TPSA) is 114 Å². The van der Waals surface area contributed by atoms with Crippen molar-refractivity contribution in [3.05, 3.63) is 77.2 Å². The minimum absolute atomic E-state index is 0. The Labute approximate surface area is 217 Å². The summed E-state index contributed by atoms with van der Waals surface area (Å²) in [4.78, 5) is 17.7. The summed E-state index contributed by atoms with van der Waals surface area (Å²) < 4.78 is 29.9. The molecule has 4 aromatic heterocycles. The average molecular weight is 573 g/mol. The third-order valence-electron chi connectivity index (χ3n) is 5.07. The van der Waals surface area contributed by atoms with Gasteiger partial charge in [-0.1, -0.05) is 6.07 Å². The number of halogens is 1. The molecule has 0 aliphatic carbocycles. The van der Waals surface area contributed by atoms with Gasteiger partial charge in [0.05, 0.1) is 16.3 Å². The van der Waals surface area contributed by atoms with Crippen LogP contribution in [0.25, 0.3) is 17.0 Å². The Bertz CT molecular complexity index is 1590. The molecule has 5 rings (SSSR count). The van der Waals surface area contributed by atoms with Gasteiger partial charge in [0.15, 0.2) is 5.13 Å². The van der Waals surface area contributed by atoms with Crippen LogP contribution in [0, 0.1) is 20.8 Å². The van der Waals surface area contributed by atoms with Crippen LogP contribution >= 0.6 is 28.3 Å². The third kappa shape index (κ3) is 5.19. The lowest BCUT2D eigenvalue weighted by Crippen LogP contribution is -2.15. The first kappa shape index (κ1) is 24.8. The van der Waals surface area contributed by atoms with E-state index in [0.29, 0.717) is 16.5 Å². The van der Waals surface area contributed by atoms with Gasteiger partial charge in [0.2, 0.25) is 5.95 Å². The Balaban J connectivity index is 0.00000289. The molecule has 0 saturated heterocycles. The number of thiazole rings is 1. The highest BCUT2D eigenvalue weighted by Gasteiger charge is 2.17. The molecule has 4 heterocycles. The quantitative estimate of drug-likeness (QED) is 0.284. The number of imidazole rings is 1. The van der Waals surface area contributed by atoms with Crippen LogP contribution in [0.2, 0.25) is 0 Å². The van der Waals surface area contributed by atoms with Crippen LogP contribution in [0.5, 0.6) is 0 Å². The molecule has 0 radical (unpaired) electrons. The Morgan fingerprint density at radius 1 is 0.914 bits per heavy atom. The lowest BCUT2D eigenvalue weighted by atomic mass is 10.3. The van der Waals surface area contributed by atoms with E-state index in [1.54, 1.807) is 32.0 Å². The van der Waals surface area contributed by atoms with Gasteiger partial charge in [-0.15, -0.1) is 28.3 Å². The van der Waals surface area contributed by atoms with E-state index in [9.17, 15) is 8.42 Å². The number of nitrogens with zero attached hydrogens (tertiary/aromatic N) is 5. The fraction of sp³-hybridized carbons (Fsp3) is 0.130. The number of aryl methyl sites for hydroxylation is 3. The van der Waals surface area contributed by atoms with Crippen molar-refractivity contribution < 1.29 is 8.42 Å². The van der Waals surface area contributed by atoms with Crippen LogP contribution in [0.4, 0.5) is 16.8 Å². The van der Waals surface area contributed by atoms with E-state index in [4.69, 9.17) is 4.98 Å². The minimum Gasteiger partial charge on any atom is -0.332 e. The fourth-order valence-electron chi connectivity index (χ4n) is 3.65. The average Bonchev–Trinajstić information content (AvgIpc) is 3.35. The van der Waals surface area contributed by atoms with Crippen molar-refractivity contribution >= 4 is 60.8 Å². The first-order chi connectivity index (χ1) is 16.3. The second-order valence-corrected chi connectivity index (χ2v) is 10.3. The van der Waals surface area contributed by atoms with Gasteiger partial charge in [0, 0.05) is 28.7 Å². The number of rotatable bonds is 6. The smallest absolute Gasteiger partial charge is 0.264 e. The van der Waals surface area contributed by atoms with Crippen molar-refractivity contribution in [1.29, 1.82) is 0 Å². The van der Waals surface area contributed by atoms with Crippen LogP contribution < -0.4 is 10.0 Å². The summed E-state index contributed by atoms with van der Waals surface area (Å²) in [6, 6.07) is 14.1. The number of pyridine rings is 1. The van der Waals surface area contributed by atoms with Crippen LogP contribution in [-0.2, 0) is 10.0 Å². The molecule has 12 heteroatoms. The molecule has 0 aliphatic rings. The molecule has 1 aromatic carbocycles. The van der Waals surface area contributed by atoms with Gasteiger partial charge in [0.25, 0.3) is 10.0 Å². The summed E-state index contributed by atoms with van der Waals surface area (Å²) in [6.07, 6.45) is 1.97. The predicted molar refractivity (Wildman–Crippen MR) is 143 cm³/mol. The summed E-state index contributed by atoms with van der Waals surface area (Å²) in [5.41, 5.74) is 5.63. The molecule has 9 nitrogen and oxygen atoms in total. The van der Waals surface area contributed by atoms with E-state index in [0.717, 1.165) is 28.4 Å². The second kappa shape index (κ2) is 9.72. The molecule has 5 aromatic rings. The molecule has 180 valence electrons. The molecular weight excluding hydrogens is 550 g/mol. The first-order valence-electron chi connectivity index (χ1n) is 10.4. The van der Waals surface area contributed by atoms with Crippen molar-refractivity contribution in [1.82, 2.24) is 24.3 Å². The van der Waals surface area contributed by atoms with Gasteiger partial charge in [0.1, 0.15) is 11.3 Å². The maximum atomic E-state index is 12.7. The molecule has 35 heavy (non-hydrogen) atoms. The SMILES string of the molecule is Br.Cc1cc(C)nc(NS(=O)(=O)c2ccc(Nc3nc(-c4c(C)nc5ccccn45)cs3)cc2)n1. The van der Waals surface area contributed by atoms with E-state index < -0.39 is 10.0 Å². The van der Waals surface area contributed by atoms with Gasteiger partial charge < -0.3 is 5.32 Å². The molecule has 0 aliphatic heterocycles. The van der Waals surface area contributed by atoms with Crippen molar-refractivity contribution in [2.75, 3.05) is 10.0 Å². The summed E-state index contributed by atoms with van der Waals surface area (Å²) in [5, 5.41) is 5.90. The zero-order valence-corrected chi connectivity index (χ0v) is 22.4. The number of hydrogen-bond donors (Lipinski definition) is 2. The number of fused-ring (bicyclic) bond motifs is 1. The molecule has 0 bridgehead atoms. The normalized spacial score (nSPS) is 11.3. The number of aromatic nitrogens is 5. The highest BCUT2D eigenvalue weighted by Crippen LogP contribution is 2.30. The number of nitrogens with one attached hydrogen (secondary N) is 2. The van der Waals surface area contributed by atoms with E-state index in [1.807, 2.05) is 41.1 Å². The Hall–Kier alpha value is -3.35. The third-order valence-corrected chi connectivity index (χ3v) is 7.18. The molecule has 0 saturated carbocycles. The van der Waals surface area contributed by atoms with Crippen molar-refractivity contribution in [3.8, 4) is 11.4 Å². The molecular formula is C23H22BrN7O2S2. The zero-order valence-electron chi connectivity index (χ0n) is 19.1. The van der Waals surface area contributed by atoms with Gasteiger partial charge in [-0.3, -0.25) is 4.40 Å². The number of hydrogen-bond acceptors (Lipinski definition) is 8. The highest BCUT2D eigenvalue weighted by atomic mass is 79.9. The van der Waals surface area contributed by atoms with E-state index in [-0.39, 0.29) is 27.8 Å². The summed E-state index contributed by atoms with van der Waals surface area (Å²) in [6.45, 7) is 5.53. The Kier molecular flexibility index (Phi) is 6.88. The Morgan fingerprint density at radius 3 is 2.34 bits per heavy atom. The lowest BCUT2D eigenvalue weighted by molar-refractivity contribution is 0.601. The van der Waals surface area contributed by atoms with E-state index in [1.165, 1.54) is 23.5 Å². The lowest BCUT2D eigenvalue weighted by Gasteiger charge is -2.09. The number of sulfonamides is 1. The summed E-state index contributed by atoms with van der Waals surface area (Å²) in [7, 11) is -3.81. The first-order valence-corrected chi connectivity index (χ1v) is 12.8. The largest absolute Gasteiger partial charge is 0.332 e. The minimum atomic E-state index is -3.81. The molecule has 0 atom stereocenters. The van der Waals surface area contributed by atoms with Gasteiger partial charge in [-0.05, 0) is 63.2 Å². The fourth-order valence-corrected chi connectivity index (χ4v) is 5.31. The maximum absolute atomic E-state index is 12.7. The van der Waals surface area contributed by atoms with Crippen LogP contribution in [0.15, 0.2) is 65.0 Å². The summed E-state index contributed by atoms with van der Waals surface area (Å²) in [5.74, 6) is 0.0534. The van der Waals surface area contributed by atoms with Crippen molar-refractivity contribution in [2.45, 2.75) is 25.7 Å². The predicted octanol–water partition coefficient (Wildman–Crippen LogP) is 5.30. The van der Waals surface area contributed by atoms with Crippen molar-refractivity contribution in [2.24, 2.45) is 0 Å². The monoisotopic (exact) mass is 571 g/mol. The van der Waals surface area contributed by atoms with Gasteiger partial charge >= 0.3 is 0 Å². The Morgan fingerprint density at radius 2 is 1.63 bits per heavy atom. The standard InChI is InChI=1S/C23H21N7O2S2.BrH/c1-14-12-15(2)25-22(24-14)29-34(31,32)18-9-7-17(8-10-18)27-23-28-19(13-33-23)21-16(3)26-20-6-4-5-11-30(20)21;/h4-13H,1-3H3,(H,27,28)(H,24,25,29);1H. The molecule has 0 fully saturated rings. The van der Waals surface area contributed by atoms with Crippen LogP contribution in [-0.4, -0.2) is 32.8 Å². The van der Waals surface area contributed by atoms with Crippen LogP contribution in [0.1, 0.15) is 17.1 Å². The molecule has 0 spiro atoms. The van der Waals surface area contributed by atoms with Gasteiger partial charge in [-0.25, -0.2) is 33.1 Å². The van der Waals surface area contributed by atoms with E-state index >= 15 is 0 Å². The number of anilines is 3. The van der Waals surface area contributed by atoms with E-state index in [2.05, 4.69) is 25.0 Å². The summed E-state index contributed by atoms with van der Waals surface area (Å²) >= 11 is 1.46. The number of benzene rings is 1.